The van der Waals surface area contributed by atoms with E-state index in [1.54, 1.807) is 12.1 Å². The van der Waals surface area contributed by atoms with Crippen LogP contribution in [0.15, 0.2) is 60.9 Å². The summed E-state index contributed by atoms with van der Waals surface area (Å²) in [6.45, 7) is 2.91. The van der Waals surface area contributed by atoms with Crippen LogP contribution < -0.4 is 0 Å². The quantitative estimate of drug-likeness (QED) is 0.763. The SMILES string of the molecule is CCCc1c(-c2ccccc2)ncn1Cc1cccc(O)c1. The second-order valence-electron chi connectivity index (χ2n) is 5.45. The molecular weight excluding hydrogens is 272 g/mol. The van der Waals surface area contributed by atoms with Crippen molar-refractivity contribution in [1.82, 2.24) is 9.55 Å². The summed E-state index contributed by atoms with van der Waals surface area (Å²) in [6, 6.07) is 17.7. The van der Waals surface area contributed by atoms with Crippen molar-refractivity contribution in [2.75, 3.05) is 0 Å². The number of phenols is 1. The summed E-state index contributed by atoms with van der Waals surface area (Å²) in [6.07, 6.45) is 3.96. The number of hydrogen-bond acceptors (Lipinski definition) is 2. The van der Waals surface area contributed by atoms with Crippen molar-refractivity contribution in [3.05, 3.63) is 72.2 Å². The second-order valence-corrected chi connectivity index (χ2v) is 5.45. The maximum Gasteiger partial charge on any atom is 0.115 e. The molecule has 3 nitrogen and oxygen atoms in total. The number of nitrogens with zero attached hydrogens (tertiary/aromatic N) is 2. The molecule has 0 atom stereocenters. The highest BCUT2D eigenvalue weighted by atomic mass is 16.3. The molecule has 1 heterocycles. The smallest absolute Gasteiger partial charge is 0.115 e. The molecule has 0 aliphatic carbocycles. The molecular formula is C19H20N2O. The summed E-state index contributed by atoms with van der Waals surface area (Å²) in [5.41, 5.74) is 4.54. The average molecular weight is 292 g/mol. The minimum absolute atomic E-state index is 0.304. The Morgan fingerprint density at radius 2 is 1.86 bits per heavy atom. The first-order valence-corrected chi connectivity index (χ1v) is 7.65. The third-order valence-electron chi connectivity index (χ3n) is 3.74. The van der Waals surface area contributed by atoms with Crippen molar-refractivity contribution in [2.45, 2.75) is 26.3 Å². The van der Waals surface area contributed by atoms with Crippen molar-refractivity contribution in [1.29, 1.82) is 0 Å². The van der Waals surface area contributed by atoms with E-state index in [0.29, 0.717) is 5.75 Å². The maximum absolute atomic E-state index is 9.62. The summed E-state index contributed by atoms with van der Waals surface area (Å²) in [5.74, 6) is 0.304. The van der Waals surface area contributed by atoms with Crippen LogP contribution in [0, 0.1) is 0 Å². The molecule has 0 saturated carbocycles. The maximum atomic E-state index is 9.62. The molecule has 0 aliphatic heterocycles. The van der Waals surface area contributed by atoms with E-state index in [2.05, 4.69) is 28.6 Å². The fourth-order valence-corrected chi connectivity index (χ4v) is 2.73. The second kappa shape index (κ2) is 6.48. The van der Waals surface area contributed by atoms with E-state index < -0.39 is 0 Å². The monoisotopic (exact) mass is 292 g/mol. The van der Waals surface area contributed by atoms with Crippen molar-refractivity contribution in [2.24, 2.45) is 0 Å². The number of rotatable bonds is 5. The Morgan fingerprint density at radius 1 is 1.05 bits per heavy atom. The first kappa shape index (κ1) is 14.4. The molecule has 2 aromatic carbocycles. The van der Waals surface area contributed by atoms with Gasteiger partial charge in [0.15, 0.2) is 0 Å². The molecule has 0 unspecified atom stereocenters. The number of phenolic OH excluding ortho intramolecular Hbond substituents is 1. The van der Waals surface area contributed by atoms with Crippen LogP contribution >= 0.6 is 0 Å². The lowest BCUT2D eigenvalue weighted by Crippen LogP contribution is -2.04. The molecule has 22 heavy (non-hydrogen) atoms. The van der Waals surface area contributed by atoms with Crippen LogP contribution in [-0.4, -0.2) is 14.7 Å². The van der Waals surface area contributed by atoms with E-state index in [4.69, 9.17) is 0 Å². The number of aromatic nitrogens is 2. The first-order valence-electron chi connectivity index (χ1n) is 7.65. The normalized spacial score (nSPS) is 10.8. The van der Waals surface area contributed by atoms with Gasteiger partial charge in [0.1, 0.15) is 5.75 Å². The lowest BCUT2D eigenvalue weighted by atomic mass is 10.1. The number of aromatic hydroxyl groups is 1. The zero-order valence-corrected chi connectivity index (χ0v) is 12.7. The van der Waals surface area contributed by atoms with Crippen LogP contribution in [0.2, 0.25) is 0 Å². The van der Waals surface area contributed by atoms with Crippen LogP contribution in [0.4, 0.5) is 0 Å². The third kappa shape index (κ3) is 3.03. The zero-order chi connectivity index (χ0) is 15.4. The standard InChI is InChI=1S/C19H20N2O/c1-2-7-18-19(16-9-4-3-5-10-16)20-14-21(18)13-15-8-6-11-17(22)12-15/h3-6,8-12,14,22H,2,7,13H2,1H3. The van der Waals surface area contributed by atoms with Crippen molar-refractivity contribution in [3.63, 3.8) is 0 Å². The molecule has 3 heteroatoms. The van der Waals surface area contributed by atoms with Crippen molar-refractivity contribution < 1.29 is 5.11 Å². The molecule has 112 valence electrons. The van der Waals surface area contributed by atoms with Gasteiger partial charge in [-0.3, -0.25) is 0 Å². The molecule has 0 saturated heterocycles. The summed E-state index contributed by atoms with van der Waals surface area (Å²) in [4.78, 5) is 4.62. The highest BCUT2D eigenvalue weighted by Gasteiger charge is 2.12. The average Bonchev–Trinajstić information content (AvgIpc) is 2.91. The van der Waals surface area contributed by atoms with Crippen LogP contribution in [0.25, 0.3) is 11.3 Å². The largest absolute Gasteiger partial charge is 0.508 e. The van der Waals surface area contributed by atoms with E-state index >= 15 is 0 Å². The highest BCUT2D eigenvalue weighted by Crippen LogP contribution is 2.24. The van der Waals surface area contributed by atoms with E-state index in [9.17, 15) is 5.11 Å². The summed E-state index contributed by atoms with van der Waals surface area (Å²) in [5, 5.41) is 9.62. The van der Waals surface area contributed by atoms with E-state index in [0.717, 1.165) is 36.2 Å². The number of hydrogen-bond donors (Lipinski definition) is 1. The summed E-state index contributed by atoms with van der Waals surface area (Å²) < 4.78 is 2.18. The van der Waals surface area contributed by atoms with Gasteiger partial charge >= 0.3 is 0 Å². The van der Waals surface area contributed by atoms with Gasteiger partial charge in [-0.2, -0.15) is 0 Å². The van der Waals surface area contributed by atoms with E-state index in [1.807, 2.05) is 36.7 Å². The molecule has 0 spiro atoms. The van der Waals surface area contributed by atoms with Crippen molar-refractivity contribution >= 4 is 0 Å². The molecule has 0 radical (unpaired) electrons. The van der Waals surface area contributed by atoms with E-state index in [-0.39, 0.29) is 0 Å². The highest BCUT2D eigenvalue weighted by molar-refractivity contribution is 5.61. The minimum atomic E-state index is 0.304. The number of imidazole rings is 1. The fourth-order valence-electron chi connectivity index (χ4n) is 2.73. The Bertz CT molecular complexity index is 747. The topological polar surface area (TPSA) is 38.0 Å². The van der Waals surface area contributed by atoms with Crippen LogP contribution in [-0.2, 0) is 13.0 Å². The van der Waals surface area contributed by atoms with Crippen LogP contribution in [0.3, 0.4) is 0 Å². The predicted octanol–water partition coefficient (Wildman–Crippen LogP) is 4.26. The molecule has 1 aromatic heterocycles. The van der Waals surface area contributed by atoms with Crippen LogP contribution in [0.5, 0.6) is 5.75 Å². The summed E-state index contributed by atoms with van der Waals surface area (Å²) in [7, 11) is 0. The van der Waals surface area contributed by atoms with Gasteiger partial charge in [-0.25, -0.2) is 4.98 Å². The van der Waals surface area contributed by atoms with Gasteiger partial charge in [0.25, 0.3) is 0 Å². The lowest BCUT2D eigenvalue weighted by molar-refractivity contribution is 0.474. The first-order chi connectivity index (χ1) is 10.8. The van der Waals surface area contributed by atoms with Gasteiger partial charge in [0.2, 0.25) is 0 Å². The van der Waals surface area contributed by atoms with Crippen molar-refractivity contribution in [3.8, 4) is 17.0 Å². The van der Waals surface area contributed by atoms with Gasteiger partial charge < -0.3 is 9.67 Å². The van der Waals surface area contributed by atoms with Gasteiger partial charge in [-0.1, -0.05) is 55.8 Å². The van der Waals surface area contributed by atoms with Gasteiger partial charge in [-0.15, -0.1) is 0 Å². The zero-order valence-electron chi connectivity index (χ0n) is 12.7. The Labute approximate surface area is 130 Å². The molecule has 3 rings (SSSR count). The van der Waals surface area contributed by atoms with E-state index in [1.165, 1.54) is 5.69 Å². The molecule has 0 fully saturated rings. The minimum Gasteiger partial charge on any atom is -0.508 e. The Morgan fingerprint density at radius 3 is 2.59 bits per heavy atom. The van der Waals surface area contributed by atoms with Gasteiger partial charge in [0, 0.05) is 17.8 Å². The Kier molecular flexibility index (Phi) is 4.24. The molecule has 1 N–H and O–H groups in total. The number of benzene rings is 2. The van der Waals surface area contributed by atoms with Gasteiger partial charge in [-0.05, 0) is 24.1 Å². The fraction of sp³-hybridized carbons (Fsp3) is 0.211. The summed E-state index contributed by atoms with van der Waals surface area (Å²) >= 11 is 0. The Balaban J connectivity index is 1.96. The molecule has 0 bridgehead atoms. The molecule has 3 aromatic rings. The molecule has 0 aliphatic rings. The lowest BCUT2D eigenvalue weighted by Gasteiger charge is -2.10. The Hall–Kier alpha value is -2.55. The third-order valence-corrected chi connectivity index (χ3v) is 3.74. The van der Waals surface area contributed by atoms with Gasteiger partial charge in [0.05, 0.1) is 12.0 Å². The molecule has 0 amide bonds. The van der Waals surface area contributed by atoms with Crippen LogP contribution in [0.1, 0.15) is 24.6 Å². The predicted molar refractivity (Wildman–Crippen MR) is 88.9 cm³/mol.